The largest absolute Gasteiger partial charge is 0.472 e. The molecular formula is C14H27Cl4O6P. The van der Waals surface area contributed by atoms with Gasteiger partial charge < -0.3 is 15.1 Å². The number of hydrogen-bond acceptors (Lipinski definition) is 5. The minimum Gasteiger partial charge on any atom is -0.396 e. The molecule has 0 saturated carbocycles. The third-order valence-corrected chi connectivity index (χ3v) is 5.90. The number of halogens is 4. The Morgan fingerprint density at radius 3 is 1.20 bits per heavy atom. The van der Waals surface area contributed by atoms with Crippen molar-refractivity contribution in [2.24, 2.45) is 10.8 Å². The van der Waals surface area contributed by atoms with Gasteiger partial charge in [0.15, 0.2) is 0 Å². The van der Waals surface area contributed by atoms with Crippen LogP contribution in [-0.4, -0.2) is 65.1 Å². The van der Waals surface area contributed by atoms with E-state index in [1.54, 1.807) is 0 Å². The lowest BCUT2D eigenvalue weighted by Gasteiger charge is -2.33. The first kappa shape index (κ1) is 26.2. The molecule has 0 fully saturated rings. The number of alkyl halides is 4. The number of phosphoric ester groups is 1. The number of phosphoric acid groups is 1. The second kappa shape index (κ2) is 13.4. The highest BCUT2D eigenvalue weighted by Crippen LogP contribution is 2.47. The van der Waals surface area contributed by atoms with Crippen molar-refractivity contribution < 1.29 is 28.7 Å². The Morgan fingerprint density at radius 2 is 1.00 bits per heavy atom. The van der Waals surface area contributed by atoms with Crippen LogP contribution in [0.1, 0.15) is 25.7 Å². The van der Waals surface area contributed by atoms with Crippen molar-refractivity contribution in [2.45, 2.75) is 25.7 Å². The maximum absolute atomic E-state index is 12.2. The first-order chi connectivity index (χ1) is 11.8. The van der Waals surface area contributed by atoms with Gasteiger partial charge >= 0.3 is 7.82 Å². The van der Waals surface area contributed by atoms with Crippen molar-refractivity contribution in [3.63, 3.8) is 0 Å². The molecule has 0 aliphatic carbocycles. The fourth-order valence-electron chi connectivity index (χ4n) is 2.22. The van der Waals surface area contributed by atoms with Crippen LogP contribution in [0.5, 0.6) is 0 Å². The van der Waals surface area contributed by atoms with Crippen LogP contribution < -0.4 is 0 Å². The van der Waals surface area contributed by atoms with E-state index in [4.69, 9.17) is 55.5 Å². The quantitative estimate of drug-likeness (QED) is 0.239. The summed E-state index contributed by atoms with van der Waals surface area (Å²) >= 11 is 22.9. The van der Waals surface area contributed by atoms with Gasteiger partial charge in [-0.15, -0.1) is 46.4 Å². The molecule has 0 atom stereocenters. The van der Waals surface area contributed by atoms with Gasteiger partial charge in [0.05, 0.1) is 26.4 Å². The van der Waals surface area contributed by atoms with Crippen LogP contribution in [0, 0.1) is 10.8 Å². The lowest BCUT2D eigenvalue weighted by molar-refractivity contribution is 0.0140. The van der Waals surface area contributed by atoms with E-state index in [1.165, 1.54) is 0 Å². The summed E-state index contributed by atoms with van der Waals surface area (Å²) in [7, 11) is -4.40. The van der Waals surface area contributed by atoms with Gasteiger partial charge in [-0.2, -0.15) is 0 Å². The second-order valence-corrected chi connectivity index (χ2v) is 9.05. The molecule has 0 aromatic heterocycles. The van der Waals surface area contributed by atoms with Gasteiger partial charge in [0.25, 0.3) is 0 Å². The lowest BCUT2D eigenvalue weighted by Crippen LogP contribution is -2.34. The minimum absolute atomic E-state index is 0.228. The van der Waals surface area contributed by atoms with E-state index in [9.17, 15) is 19.7 Å². The molecule has 0 aromatic carbocycles. The Balaban J connectivity index is 4.87. The molecule has 25 heavy (non-hydrogen) atoms. The molecule has 0 radical (unpaired) electrons. The molecule has 6 nitrogen and oxygen atoms in total. The molecule has 0 heterocycles. The predicted molar refractivity (Wildman–Crippen MR) is 102 cm³/mol. The summed E-state index contributed by atoms with van der Waals surface area (Å²) in [6, 6.07) is 0. The van der Waals surface area contributed by atoms with Crippen LogP contribution >= 0.6 is 54.2 Å². The fourth-order valence-corrected chi connectivity index (χ4v) is 4.77. The third kappa shape index (κ3) is 9.79. The normalized spacial score (nSPS) is 13.4. The van der Waals surface area contributed by atoms with Gasteiger partial charge in [-0.05, 0) is 25.7 Å². The van der Waals surface area contributed by atoms with Gasteiger partial charge in [0, 0.05) is 34.3 Å². The molecule has 0 spiro atoms. The average molecular weight is 464 g/mol. The van der Waals surface area contributed by atoms with Crippen molar-refractivity contribution in [3.05, 3.63) is 0 Å². The van der Waals surface area contributed by atoms with Gasteiger partial charge in [-0.3, -0.25) is 9.05 Å². The molecule has 0 aliphatic rings. The second-order valence-electron chi connectivity index (χ2n) is 6.09. The predicted octanol–water partition coefficient (Wildman–Crippen LogP) is 3.59. The van der Waals surface area contributed by atoms with Crippen molar-refractivity contribution in [1.82, 2.24) is 0 Å². The molecule has 0 unspecified atom stereocenters. The van der Waals surface area contributed by atoms with Gasteiger partial charge in [-0.1, -0.05) is 0 Å². The van der Waals surface area contributed by atoms with E-state index < -0.39 is 18.7 Å². The SMILES string of the molecule is O=P(O)(OCC(CO)(CCCl)CCCl)OCC(CO)(CCCl)CCCl. The highest BCUT2D eigenvalue weighted by molar-refractivity contribution is 7.47. The third-order valence-electron chi connectivity index (χ3n) is 4.24. The number of aliphatic hydroxyl groups excluding tert-OH is 2. The summed E-state index contributed by atoms with van der Waals surface area (Å²) in [4.78, 5) is 9.92. The Morgan fingerprint density at radius 1 is 0.720 bits per heavy atom. The Kier molecular flexibility index (Phi) is 14.0. The van der Waals surface area contributed by atoms with E-state index in [0.717, 1.165) is 0 Å². The van der Waals surface area contributed by atoms with Gasteiger partial charge in [-0.25, -0.2) is 4.57 Å². The van der Waals surface area contributed by atoms with Crippen molar-refractivity contribution in [2.75, 3.05) is 49.9 Å². The first-order valence-electron chi connectivity index (χ1n) is 7.86. The molecule has 152 valence electrons. The first-order valence-corrected chi connectivity index (χ1v) is 11.5. The summed E-state index contributed by atoms with van der Waals surface area (Å²) in [6.07, 6.45) is 1.49. The van der Waals surface area contributed by atoms with Crippen LogP contribution in [-0.2, 0) is 13.6 Å². The van der Waals surface area contributed by atoms with Crippen molar-refractivity contribution >= 4 is 54.2 Å². The van der Waals surface area contributed by atoms with Gasteiger partial charge in [0.1, 0.15) is 0 Å². The van der Waals surface area contributed by atoms with E-state index in [2.05, 4.69) is 0 Å². The van der Waals surface area contributed by atoms with Crippen LogP contribution in [0.3, 0.4) is 0 Å². The lowest BCUT2D eigenvalue weighted by atomic mass is 9.84. The Labute approximate surface area is 169 Å². The maximum atomic E-state index is 12.2. The highest BCUT2D eigenvalue weighted by Gasteiger charge is 2.36. The number of hydrogen-bond donors (Lipinski definition) is 3. The number of rotatable bonds is 16. The number of aliphatic hydroxyl groups is 2. The van der Waals surface area contributed by atoms with Crippen LogP contribution in [0.15, 0.2) is 0 Å². The maximum Gasteiger partial charge on any atom is 0.472 e. The average Bonchev–Trinajstić information content (AvgIpc) is 2.58. The summed E-state index contributed by atoms with van der Waals surface area (Å²) in [6.45, 7) is -1.03. The van der Waals surface area contributed by atoms with Crippen molar-refractivity contribution in [1.29, 1.82) is 0 Å². The standard InChI is InChI=1S/C14H27Cl4O6P/c15-5-1-13(9-19,2-6-16)11-23-25(21,22)24-12-14(10-20,3-7-17)4-8-18/h19-20H,1-12H2,(H,21,22). The van der Waals surface area contributed by atoms with Crippen LogP contribution in [0.2, 0.25) is 0 Å². The highest BCUT2D eigenvalue weighted by atomic mass is 35.5. The molecule has 11 heteroatoms. The summed E-state index contributed by atoms with van der Waals surface area (Å²) in [5.74, 6) is 0.986. The molecule has 0 aromatic rings. The monoisotopic (exact) mass is 462 g/mol. The molecule has 0 amide bonds. The Bertz CT molecular complexity index is 358. The van der Waals surface area contributed by atoms with E-state index in [-0.39, 0.29) is 49.9 Å². The van der Waals surface area contributed by atoms with E-state index in [0.29, 0.717) is 25.7 Å². The molecule has 0 rings (SSSR count). The molecule has 3 N–H and O–H groups in total. The molecule has 0 saturated heterocycles. The van der Waals surface area contributed by atoms with E-state index >= 15 is 0 Å². The topological polar surface area (TPSA) is 96.2 Å². The Hall–Kier alpha value is 1.19. The van der Waals surface area contributed by atoms with Gasteiger partial charge in [0.2, 0.25) is 0 Å². The summed E-state index contributed by atoms with van der Waals surface area (Å²) < 4.78 is 22.3. The summed E-state index contributed by atoms with van der Waals surface area (Å²) in [5.41, 5.74) is -1.63. The zero-order chi connectivity index (χ0) is 19.4. The van der Waals surface area contributed by atoms with Crippen LogP contribution in [0.4, 0.5) is 0 Å². The molecule has 0 aliphatic heterocycles. The van der Waals surface area contributed by atoms with E-state index in [1.807, 2.05) is 0 Å². The van der Waals surface area contributed by atoms with Crippen LogP contribution in [0.25, 0.3) is 0 Å². The smallest absolute Gasteiger partial charge is 0.396 e. The van der Waals surface area contributed by atoms with Crippen molar-refractivity contribution in [3.8, 4) is 0 Å². The molecule has 0 bridgehead atoms. The zero-order valence-corrected chi connectivity index (χ0v) is 17.9. The zero-order valence-electron chi connectivity index (χ0n) is 14.0. The fraction of sp³-hybridized carbons (Fsp3) is 1.00. The minimum atomic E-state index is -4.40. The summed E-state index contributed by atoms with van der Waals surface area (Å²) in [5, 5.41) is 19.2. The molecular weight excluding hydrogens is 437 g/mol.